The fourth-order valence-corrected chi connectivity index (χ4v) is 3.88. The maximum Gasteiger partial charge on any atom is 0.389 e. The van der Waals surface area contributed by atoms with Gasteiger partial charge in [0.15, 0.2) is 0 Å². The first-order valence-corrected chi connectivity index (χ1v) is 8.55. The molecule has 1 fully saturated rings. The Balaban J connectivity index is 2.60. The second kappa shape index (κ2) is 7.44. The second-order valence-electron chi connectivity index (χ2n) is 5.34. The maximum atomic E-state index is 12.0. The van der Waals surface area contributed by atoms with Crippen molar-refractivity contribution in [3.05, 3.63) is 0 Å². The highest BCUT2D eigenvalue weighted by atomic mass is 32.2. The molecule has 9 heteroatoms. The quantitative estimate of drug-likeness (QED) is 0.732. The number of carboxylic acids is 1. The highest BCUT2D eigenvalue weighted by Gasteiger charge is 2.33. The summed E-state index contributed by atoms with van der Waals surface area (Å²) in [5.41, 5.74) is 0. The number of alkyl halides is 3. The van der Waals surface area contributed by atoms with Crippen molar-refractivity contribution in [1.82, 2.24) is 4.72 Å². The van der Waals surface area contributed by atoms with Gasteiger partial charge in [-0.25, -0.2) is 13.1 Å². The van der Waals surface area contributed by atoms with Crippen molar-refractivity contribution in [2.45, 2.75) is 57.2 Å². The van der Waals surface area contributed by atoms with E-state index in [1.165, 1.54) is 0 Å². The number of carbonyl (C=O) groups is 1. The lowest BCUT2D eigenvalue weighted by atomic mass is 9.96. The molecule has 0 radical (unpaired) electrons. The second-order valence-corrected chi connectivity index (χ2v) is 7.22. The van der Waals surface area contributed by atoms with Crippen LogP contribution in [0.25, 0.3) is 0 Å². The summed E-state index contributed by atoms with van der Waals surface area (Å²) in [5.74, 6) is -2.53. The van der Waals surface area contributed by atoms with Crippen LogP contribution >= 0.6 is 0 Å². The van der Waals surface area contributed by atoms with Gasteiger partial charge in [0, 0.05) is 12.5 Å². The van der Waals surface area contributed by atoms with Crippen molar-refractivity contribution >= 4 is 16.0 Å². The molecule has 21 heavy (non-hydrogen) atoms. The van der Waals surface area contributed by atoms with E-state index in [2.05, 4.69) is 4.72 Å². The number of aliphatic carboxylic acids is 1. The van der Waals surface area contributed by atoms with E-state index >= 15 is 0 Å². The SMILES string of the molecule is O=C(O)C1CCCCCC1NS(=O)(=O)CCCC(F)(F)F. The largest absolute Gasteiger partial charge is 0.481 e. The molecule has 0 spiro atoms. The average molecular weight is 331 g/mol. The lowest BCUT2D eigenvalue weighted by molar-refractivity contribution is -0.142. The van der Waals surface area contributed by atoms with Crippen LogP contribution in [0.1, 0.15) is 44.9 Å². The van der Waals surface area contributed by atoms with Crippen molar-refractivity contribution in [3.63, 3.8) is 0 Å². The standard InChI is InChI=1S/C12H20F3NO4S/c13-12(14,15)7-4-8-21(19,20)16-10-6-3-1-2-5-9(10)11(17)18/h9-10,16H,1-8H2,(H,17,18). The fraction of sp³-hybridized carbons (Fsp3) is 0.917. The summed E-state index contributed by atoms with van der Waals surface area (Å²) in [4.78, 5) is 11.2. The highest BCUT2D eigenvalue weighted by Crippen LogP contribution is 2.25. The Morgan fingerprint density at radius 2 is 1.81 bits per heavy atom. The lowest BCUT2D eigenvalue weighted by Crippen LogP contribution is -2.43. The van der Waals surface area contributed by atoms with E-state index in [1.54, 1.807) is 0 Å². The summed E-state index contributed by atoms with van der Waals surface area (Å²) in [6.07, 6.45) is -3.05. The molecule has 0 heterocycles. The third-order valence-electron chi connectivity index (χ3n) is 3.54. The molecule has 0 aromatic carbocycles. The smallest absolute Gasteiger partial charge is 0.389 e. The predicted molar refractivity (Wildman–Crippen MR) is 70.2 cm³/mol. The average Bonchev–Trinajstić information content (AvgIpc) is 2.51. The normalized spacial score (nSPS) is 24.5. The van der Waals surface area contributed by atoms with Crippen LogP contribution in [-0.2, 0) is 14.8 Å². The van der Waals surface area contributed by atoms with E-state index in [0.717, 1.165) is 6.42 Å². The molecular formula is C12H20F3NO4S. The van der Waals surface area contributed by atoms with Crippen LogP contribution in [0, 0.1) is 5.92 Å². The molecule has 1 aliphatic carbocycles. The number of halogens is 3. The molecule has 1 aliphatic rings. The summed E-state index contributed by atoms with van der Waals surface area (Å²) in [5, 5.41) is 9.13. The van der Waals surface area contributed by atoms with Gasteiger partial charge in [-0.1, -0.05) is 19.3 Å². The van der Waals surface area contributed by atoms with Crippen molar-refractivity contribution in [2.24, 2.45) is 5.92 Å². The minimum atomic E-state index is -4.39. The Morgan fingerprint density at radius 3 is 2.38 bits per heavy atom. The van der Waals surface area contributed by atoms with Crippen LogP contribution < -0.4 is 4.72 Å². The minimum absolute atomic E-state index is 0.380. The number of hydrogen-bond donors (Lipinski definition) is 2. The van der Waals surface area contributed by atoms with Crippen LogP contribution in [-0.4, -0.2) is 37.5 Å². The molecular weight excluding hydrogens is 311 g/mol. The van der Waals surface area contributed by atoms with Crippen molar-refractivity contribution in [1.29, 1.82) is 0 Å². The van der Waals surface area contributed by atoms with E-state index in [0.29, 0.717) is 25.7 Å². The van der Waals surface area contributed by atoms with Crippen molar-refractivity contribution in [2.75, 3.05) is 5.75 Å². The van der Waals surface area contributed by atoms with Gasteiger partial charge in [-0.15, -0.1) is 0 Å². The third-order valence-corrected chi connectivity index (χ3v) is 5.03. The fourth-order valence-electron chi connectivity index (χ4n) is 2.50. The lowest BCUT2D eigenvalue weighted by Gasteiger charge is -2.22. The minimum Gasteiger partial charge on any atom is -0.481 e. The van der Waals surface area contributed by atoms with Crippen molar-refractivity contribution < 1.29 is 31.5 Å². The Labute approximate surface area is 122 Å². The summed E-state index contributed by atoms with van der Waals surface area (Å²) in [6, 6.07) is -0.735. The summed E-state index contributed by atoms with van der Waals surface area (Å²) in [6.45, 7) is 0. The number of nitrogens with one attached hydrogen (secondary N) is 1. The molecule has 1 rings (SSSR count). The van der Waals surface area contributed by atoms with Gasteiger partial charge in [0.05, 0.1) is 11.7 Å². The number of carboxylic acid groups (broad SMARTS) is 1. The predicted octanol–water partition coefficient (Wildman–Crippen LogP) is 2.28. The van der Waals surface area contributed by atoms with E-state index in [9.17, 15) is 26.4 Å². The summed E-state index contributed by atoms with van der Waals surface area (Å²) < 4.78 is 61.9. The zero-order chi connectivity index (χ0) is 16.1. The molecule has 2 atom stereocenters. The van der Waals surface area contributed by atoms with Crippen LogP contribution in [0.15, 0.2) is 0 Å². The Kier molecular flexibility index (Phi) is 6.45. The van der Waals surface area contributed by atoms with E-state index < -0.39 is 52.7 Å². The molecule has 0 saturated heterocycles. The Morgan fingerprint density at radius 1 is 1.19 bits per heavy atom. The molecule has 0 bridgehead atoms. The van der Waals surface area contributed by atoms with Gasteiger partial charge in [0.2, 0.25) is 10.0 Å². The zero-order valence-electron chi connectivity index (χ0n) is 11.5. The van der Waals surface area contributed by atoms with E-state index in [-0.39, 0.29) is 0 Å². The first kappa shape index (κ1) is 18.2. The maximum absolute atomic E-state index is 12.0. The van der Waals surface area contributed by atoms with E-state index in [1.807, 2.05) is 0 Å². The zero-order valence-corrected chi connectivity index (χ0v) is 12.3. The van der Waals surface area contributed by atoms with Gasteiger partial charge >= 0.3 is 12.1 Å². The molecule has 5 nitrogen and oxygen atoms in total. The number of hydrogen-bond acceptors (Lipinski definition) is 3. The molecule has 2 N–H and O–H groups in total. The Bertz CT molecular complexity index is 450. The first-order chi connectivity index (χ1) is 9.61. The van der Waals surface area contributed by atoms with Crippen LogP contribution in [0.4, 0.5) is 13.2 Å². The molecule has 124 valence electrons. The molecule has 1 saturated carbocycles. The molecule has 2 unspecified atom stereocenters. The summed E-state index contributed by atoms with van der Waals surface area (Å²) in [7, 11) is -3.90. The highest BCUT2D eigenvalue weighted by molar-refractivity contribution is 7.89. The molecule has 0 amide bonds. The first-order valence-electron chi connectivity index (χ1n) is 6.90. The number of rotatable bonds is 6. The Hall–Kier alpha value is -0.830. The number of sulfonamides is 1. The van der Waals surface area contributed by atoms with Gasteiger partial charge in [-0.3, -0.25) is 4.79 Å². The molecule has 0 aromatic rings. The third kappa shape index (κ3) is 7.12. The van der Waals surface area contributed by atoms with Crippen LogP contribution in [0.5, 0.6) is 0 Å². The molecule has 0 aromatic heterocycles. The van der Waals surface area contributed by atoms with Gasteiger partial charge < -0.3 is 5.11 Å². The van der Waals surface area contributed by atoms with Gasteiger partial charge in [0.25, 0.3) is 0 Å². The van der Waals surface area contributed by atoms with Crippen LogP contribution in [0.2, 0.25) is 0 Å². The topological polar surface area (TPSA) is 83.5 Å². The van der Waals surface area contributed by atoms with Crippen LogP contribution in [0.3, 0.4) is 0 Å². The van der Waals surface area contributed by atoms with E-state index in [4.69, 9.17) is 5.11 Å². The summed E-state index contributed by atoms with van der Waals surface area (Å²) >= 11 is 0. The van der Waals surface area contributed by atoms with Gasteiger partial charge in [0.1, 0.15) is 0 Å². The molecule has 0 aliphatic heterocycles. The van der Waals surface area contributed by atoms with Crippen molar-refractivity contribution in [3.8, 4) is 0 Å². The monoisotopic (exact) mass is 331 g/mol. The van der Waals surface area contributed by atoms with Gasteiger partial charge in [-0.05, 0) is 19.3 Å². The van der Waals surface area contributed by atoms with Gasteiger partial charge in [-0.2, -0.15) is 13.2 Å².